The van der Waals surface area contributed by atoms with Crippen molar-refractivity contribution in [3.63, 3.8) is 0 Å². The molecule has 0 aliphatic heterocycles. The van der Waals surface area contributed by atoms with Crippen molar-refractivity contribution in [3.8, 4) is 0 Å². The Bertz CT molecular complexity index is 404. The molecule has 5 heteroatoms. The smallest absolute Gasteiger partial charge is 0.310 e. The van der Waals surface area contributed by atoms with Crippen LogP contribution in [-0.2, 0) is 0 Å². The molecule has 1 rings (SSSR count). The van der Waals surface area contributed by atoms with Gasteiger partial charge in [-0.3, -0.25) is 0 Å². The zero-order valence-electron chi connectivity index (χ0n) is 11.1. The minimum absolute atomic E-state index is 0.0324. The van der Waals surface area contributed by atoms with E-state index < -0.39 is 12.6 Å². The van der Waals surface area contributed by atoms with Crippen LogP contribution in [0.4, 0.5) is 13.2 Å². The van der Waals surface area contributed by atoms with E-state index in [1.54, 1.807) is 12.1 Å². The minimum atomic E-state index is -4.13. The average molecular weight is 294 g/mol. The Morgan fingerprint density at radius 3 is 2.58 bits per heavy atom. The Labute approximate surface area is 117 Å². The molecule has 1 atom stereocenters. The van der Waals surface area contributed by atoms with Crippen molar-refractivity contribution in [2.45, 2.75) is 45.3 Å². The molecule has 0 amide bonds. The van der Waals surface area contributed by atoms with Gasteiger partial charge in [-0.1, -0.05) is 24.6 Å². The van der Waals surface area contributed by atoms with Crippen LogP contribution in [0.5, 0.6) is 0 Å². The summed E-state index contributed by atoms with van der Waals surface area (Å²) in [5.41, 5.74) is 1.81. The molecule has 0 heterocycles. The van der Waals surface area contributed by atoms with Gasteiger partial charge in [-0.15, -0.1) is 0 Å². The maximum atomic E-state index is 12.4. The first-order chi connectivity index (χ1) is 8.83. The Kier molecular flexibility index (Phi) is 6.14. The van der Waals surface area contributed by atoms with E-state index in [-0.39, 0.29) is 12.5 Å². The van der Waals surface area contributed by atoms with Gasteiger partial charge in [-0.2, -0.15) is 13.2 Å². The fraction of sp³-hybridized carbons (Fsp3) is 0.571. The van der Waals surface area contributed by atoms with E-state index in [9.17, 15) is 13.2 Å². The maximum Gasteiger partial charge on any atom is 0.389 e. The van der Waals surface area contributed by atoms with Crippen molar-refractivity contribution in [1.29, 1.82) is 0 Å². The van der Waals surface area contributed by atoms with Crippen molar-refractivity contribution >= 4 is 11.6 Å². The van der Waals surface area contributed by atoms with Gasteiger partial charge in [0.05, 0.1) is 0 Å². The molecule has 0 fully saturated rings. The van der Waals surface area contributed by atoms with Crippen LogP contribution < -0.4 is 5.32 Å². The molecule has 0 aromatic heterocycles. The van der Waals surface area contributed by atoms with Crippen molar-refractivity contribution in [3.05, 3.63) is 34.3 Å². The number of alkyl halides is 3. The number of halogens is 4. The van der Waals surface area contributed by atoms with Crippen LogP contribution in [0, 0.1) is 6.92 Å². The molecule has 1 nitrogen and oxygen atoms in total. The third-order valence-corrected chi connectivity index (χ3v) is 3.21. The first-order valence-corrected chi connectivity index (χ1v) is 6.77. The number of nitrogens with one attached hydrogen (secondary N) is 1. The lowest BCUT2D eigenvalue weighted by Crippen LogP contribution is -2.24. The molecule has 0 aliphatic rings. The van der Waals surface area contributed by atoms with Crippen molar-refractivity contribution in [1.82, 2.24) is 5.32 Å². The van der Waals surface area contributed by atoms with E-state index in [2.05, 4.69) is 5.32 Å². The molecule has 0 spiro atoms. The van der Waals surface area contributed by atoms with Crippen molar-refractivity contribution in [2.75, 3.05) is 6.54 Å². The number of aryl methyl sites for hydroxylation is 1. The van der Waals surface area contributed by atoms with Gasteiger partial charge in [-0.25, -0.2) is 0 Å². The molecule has 19 heavy (non-hydrogen) atoms. The quantitative estimate of drug-likeness (QED) is 0.775. The minimum Gasteiger partial charge on any atom is -0.310 e. The first kappa shape index (κ1) is 16.3. The van der Waals surface area contributed by atoms with Gasteiger partial charge in [0.2, 0.25) is 0 Å². The second-order valence-corrected chi connectivity index (χ2v) is 5.10. The van der Waals surface area contributed by atoms with Gasteiger partial charge in [0.1, 0.15) is 0 Å². The third kappa shape index (κ3) is 5.83. The van der Waals surface area contributed by atoms with Crippen LogP contribution in [0.2, 0.25) is 5.02 Å². The number of rotatable bonds is 6. The van der Waals surface area contributed by atoms with Crippen LogP contribution in [0.25, 0.3) is 0 Å². The van der Waals surface area contributed by atoms with Crippen LogP contribution in [0.3, 0.4) is 0 Å². The number of benzene rings is 1. The highest BCUT2D eigenvalue weighted by Gasteiger charge is 2.29. The van der Waals surface area contributed by atoms with Gasteiger partial charge in [-0.05, 0) is 49.6 Å². The van der Waals surface area contributed by atoms with Gasteiger partial charge in [0.15, 0.2) is 0 Å². The topological polar surface area (TPSA) is 12.0 Å². The fourth-order valence-corrected chi connectivity index (χ4v) is 2.16. The molecule has 0 saturated carbocycles. The van der Waals surface area contributed by atoms with E-state index in [1.807, 2.05) is 19.9 Å². The third-order valence-electron chi connectivity index (χ3n) is 2.97. The molecule has 108 valence electrons. The lowest BCUT2D eigenvalue weighted by Gasteiger charge is -2.22. The summed E-state index contributed by atoms with van der Waals surface area (Å²) in [6.45, 7) is 4.56. The molecule has 1 unspecified atom stereocenters. The molecule has 0 bridgehead atoms. The van der Waals surface area contributed by atoms with Gasteiger partial charge >= 0.3 is 6.18 Å². The molecule has 0 radical (unpaired) electrons. The van der Waals surface area contributed by atoms with E-state index >= 15 is 0 Å². The average Bonchev–Trinajstić information content (AvgIpc) is 2.32. The molecule has 0 aliphatic carbocycles. The van der Waals surface area contributed by atoms with Crippen molar-refractivity contribution < 1.29 is 13.2 Å². The summed E-state index contributed by atoms with van der Waals surface area (Å²) in [5.74, 6) is 0. The summed E-state index contributed by atoms with van der Waals surface area (Å²) in [6, 6.07) is 5.04. The predicted octanol–water partition coefficient (Wildman–Crippen LogP) is 5.03. The van der Waals surface area contributed by atoms with Crippen LogP contribution in [0.15, 0.2) is 18.2 Å². The summed E-state index contributed by atoms with van der Waals surface area (Å²) >= 11 is 5.94. The highest BCUT2D eigenvalue weighted by Crippen LogP contribution is 2.30. The lowest BCUT2D eigenvalue weighted by molar-refractivity contribution is -0.136. The van der Waals surface area contributed by atoms with Gasteiger partial charge < -0.3 is 5.32 Å². The van der Waals surface area contributed by atoms with Crippen LogP contribution in [0.1, 0.15) is 43.4 Å². The summed E-state index contributed by atoms with van der Waals surface area (Å²) in [7, 11) is 0. The molecule has 1 aromatic carbocycles. The van der Waals surface area contributed by atoms with Gasteiger partial charge in [0, 0.05) is 17.5 Å². The first-order valence-electron chi connectivity index (χ1n) is 6.39. The lowest BCUT2D eigenvalue weighted by atomic mass is 9.97. The normalized spacial score (nSPS) is 13.6. The van der Waals surface area contributed by atoms with Crippen LogP contribution >= 0.6 is 11.6 Å². The van der Waals surface area contributed by atoms with E-state index in [4.69, 9.17) is 11.6 Å². The highest BCUT2D eigenvalue weighted by molar-refractivity contribution is 6.30. The fourth-order valence-electron chi connectivity index (χ4n) is 1.98. The standard InChI is InChI=1S/C14H19ClF3N/c1-3-8-19-13(6-7-14(16,17)18)12-9-11(15)5-4-10(12)2/h4-5,9,13,19H,3,6-8H2,1-2H3. The van der Waals surface area contributed by atoms with E-state index in [0.717, 1.165) is 17.5 Å². The number of hydrogen-bond donors (Lipinski definition) is 1. The molecular weight excluding hydrogens is 275 g/mol. The van der Waals surface area contributed by atoms with Crippen LogP contribution in [-0.4, -0.2) is 12.7 Å². The Morgan fingerprint density at radius 1 is 1.32 bits per heavy atom. The Balaban J connectivity index is 2.85. The largest absolute Gasteiger partial charge is 0.389 e. The van der Waals surface area contributed by atoms with E-state index in [1.165, 1.54) is 0 Å². The highest BCUT2D eigenvalue weighted by atomic mass is 35.5. The molecule has 1 aromatic rings. The molecule has 1 N–H and O–H groups in total. The summed E-state index contributed by atoms with van der Waals surface area (Å²) in [5, 5.41) is 3.72. The monoisotopic (exact) mass is 293 g/mol. The number of hydrogen-bond acceptors (Lipinski definition) is 1. The Morgan fingerprint density at radius 2 is 2.00 bits per heavy atom. The molecule has 0 saturated heterocycles. The SMILES string of the molecule is CCCNC(CCC(F)(F)F)c1cc(Cl)ccc1C. The maximum absolute atomic E-state index is 12.4. The zero-order valence-corrected chi connectivity index (χ0v) is 11.9. The van der Waals surface area contributed by atoms with Gasteiger partial charge in [0.25, 0.3) is 0 Å². The van der Waals surface area contributed by atoms with E-state index in [0.29, 0.717) is 11.6 Å². The Hall–Kier alpha value is -0.740. The van der Waals surface area contributed by atoms with Crippen molar-refractivity contribution in [2.24, 2.45) is 0 Å². The summed E-state index contributed by atoms with van der Waals surface area (Å²) in [6.07, 6.45) is -4.01. The second kappa shape index (κ2) is 7.15. The summed E-state index contributed by atoms with van der Waals surface area (Å²) in [4.78, 5) is 0. The predicted molar refractivity (Wildman–Crippen MR) is 72.5 cm³/mol. The second-order valence-electron chi connectivity index (χ2n) is 4.66. The summed E-state index contributed by atoms with van der Waals surface area (Å²) < 4.78 is 37.1. The molecular formula is C14H19ClF3N. The zero-order chi connectivity index (χ0) is 14.5.